The molecule has 2 N–H and O–H groups in total. The molecular formula is C10H14BrNO. The quantitative estimate of drug-likeness (QED) is 0.852. The largest absolute Gasteiger partial charge is 0.387 e. The highest BCUT2D eigenvalue weighted by atomic mass is 79.9. The smallest absolute Gasteiger partial charge is 0.0925 e. The first-order valence-corrected chi connectivity index (χ1v) is 5.03. The van der Waals surface area contributed by atoms with Gasteiger partial charge < -0.3 is 10.4 Å². The third-order valence-corrected chi connectivity index (χ3v) is 2.63. The van der Waals surface area contributed by atoms with E-state index in [1.54, 1.807) is 0 Å². The number of aryl methyl sites for hydroxylation is 1. The van der Waals surface area contributed by atoms with Gasteiger partial charge in [-0.2, -0.15) is 0 Å². The molecule has 0 amide bonds. The number of likely N-dealkylation sites (N-methyl/N-ethyl adjacent to an activating group) is 1. The van der Waals surface area contributed by atoms with Gasteiger partial charge in [0, 0.05) is 11.0 Å². The molecule has 0 fully saturated rings. The van der Waals surface area contributed by atoms with Gasteiger partial charge in [-0.15, -0.1) is 0 Å². The predicted octanol–water partition coefficient (Wildman–Crippen LogP) is 2.01. The second-order valence-electron chi connectivity index (χ2n) is 3.10. The Labute approximate surface area is 87.1 Å². The summed E-state index contributed by atoms with van der Waals surface area (Å²) >= 11 is 3.41. The molecule has 72 valence electrons. The van der Waals surface area contributed by atoms with Crippen LogP contribution < -0.4 is 5.32 Å². The summed E-state index contributed by atoms with van der Waals surface area (Å²) in [5.41, 5.74) is 2.10. The van der Waals surface area contributed by atoms with Crippen molar-refractivity contribution in [3.8, 4) is 0 Å². The van der Waals surface area contributed by atoms with Gasteiger partial charge in [-0.3, -0.25) is 0 Å². The van der Waals surface area contributed by atoms with Crippen molar-refractivity contribution < 1.29 is 5.11 Å². The molecule has 1 unspecified atom stereocenters. The Morgan fingerprint density at radius 2 is 2.23 bits per heavy atom. The topological polar surface area (TPSA) is 32.3 Å². The van der Waals surface area contributed by atoms with Gasteiger partial charge in [-0.05, 0) is 25.6 Å². The van der Waals surface area contributed by atoms with Gasteiger partial charge in [0.1, 0.15) is 0 Å². The van der Waals surface area contributed by atoms with Crippen LogP contribution in [0.25, 0.3) is 0 Å². The van der Waals surface area contributed by atoms with Crippen LogP contribution in [-0.4, -0.2) is 18.7 Å². The highest BCUT2D eigenvalue weighted by Crippen LogP contribution is 2.23. The lowest BCUT2D eigenvalue weighted by Gasteiger charge is -2.12. The summed E-state index contributed by atoms with van der Waals surface area (Å²) in [5, 5.41) is 12.7. The van der Waals surface area contributed by atoms with Crippen molar-refractivity contribution in [3.05, 3.63) is 33.8 Å². The van der Waals surface area contributed by atoms with E-state index in [4.69, 9.17) is 0 Å². The van der Waals surface area contributed by atoms with E-state index in [0.29, 0.717) is 6.54 Å². The molecule has 1 atom stereocenters. The summed E-state index contributed by atoms with van der Waals surface area (Å²) in [6.45, 7) is 2.59. The number of nitrogens with one attached hydrogen (secondary N) is 1. The maximum Gasteiger partial charge on any atom is 0.0925 e. The summed E-state index contributed by atoms with van der Waals surface area (Å²) in [4.78, 5) is 0. The number of rotatable bonds is 3. The van der Waals surface area contributed by atoms with Crippen molar-refractivity contribution in [2.24, 2.45) is 0 Å². The number of hydrogen-bond acceptors (Lipinski definition) is 2. The summed E-state index contributed by atoms with van der Waals surface area (Å²) < 4.78 is 0.959. The Morgan fingerprint density at radius 1 is 1.54 bits per heavy atom. The van der Waals surface area contributed by atoms with Gasteiger partial charge in [0.15, 0.2) is 0 Å². The second kappa shape index (κ2) is 4.74. The minimum absolute atomic E-state index is 0.445. The first kappa shape index (κ1) is 10.7. The van der Waals surface area contributed by atoms with Gasteiger partial charge in [-0.25, -0.2) is 0 Å². The molecule has 0 saturated heterocycles. The van der Waals surface area contributed by atoms with E-state index in [9.17, 15) is 5.11 Å². The fourth-order valence-corrected chi connectivity index (χ4v) is 1.73. The van der Waals surface area contributed by atoms with Gasteiger partial charge >= 0.3 is 0 Å². The van der Waals surface area contributed by atoms with Crippen LogP contribution in [0.2, 0.25) is 0 Å². The summed E-state index contributed by atoms with van der Waals surface area (Å²) in [5.74, 6) is 0. The first-order chi connectivity index (χ1) is 6.15. The fourth-order valence-electron chi connectivity index (χ4n) is 1.22. The van der Waals surface area contributed by atoms with E-state index in [-0.39, 0.29) is 0 Å². The number of aliphatic hydroxyl groups is 1. The van der Waals surface area contributed by atoms with Crippen molar-refractivity contribution in [3.63, 3.8) is 0 Å². The molecule has 2 nitrogen and oxygen atoms in total. The SMILES string of the molecule is CNCC(O)c1cc(C)ccc1Br. The maximum absolute atomic E-state index is 9.73. The van der Waals surface area contributed by atoms with Crippen LogP contribution >= 0.6 is 15.9 Å². The number of benzene rings is 1. The summed E-state index contributed by atoms with van der Waals surface area (Å²) in [7, 11) is 1.83. The zero-order valence-electron chi connectivity index (χ0n) is 7.84. The van der Waals surface area contributed by atoms with Crippen molar-refractivity contribution in [1.82, 2.24) is 5.32 Å². The highest BCUT2D eigenvalue weighted by Gasteiger charge is 2.09. The first-order valence-electron chi connectivity index (χ1n) is 4.24. The van der Waals surface area contributed by atoms with E-state index in [0.717, 1.165) is 15.6 Å². The molecule has 1 aromatic carbocycles. The Bertz CT molecular complexity index is 288. The third-order valence-electron chi connectivity index (χ3n) is 1.91. The molecule has 0 aliphatic carbocycles. The average Bonchev–Trinajstić information content (AvgIpc) is 2.09. The van der Waals surface area contributed by atoms with Crippen LogP contribution in [0.1, 0.15) is 17.2 Å². The van der Waals surface area contributed by atoms with Crippen molar-refractivity contribution in [2.75, 3.05) is 13.6 Å². The Balaban J connectivity index is 2.91. The molecule has 0 bridgehead atoms. The normalized spacial score (nSPS) is 12.9. The monoisotopic (exact) mass is 243 g/mol. The minimum atomic E-state index is -0.445. The Kier molecular flexibility index (Phi) is 3.90. The van der Waals surface area contributed by atoms with Crippen LogP contribution in [0.4, 0.5) is 0 Å². The second-order valence-corrected chi connectivity index (χ2v) is 3.95. The lowest BCUT2D eigenvalue weighted by Crippen LogP contribution is -2.17. The number of aliphatic hydroxyl groups excluding tert-OH is 1. The maximum atomic E-state index is 9.73. The van der Waals surface area contributed by atoms with Gasteiger partial charge in [-0.1, -0.05) is 33.6 Å². The number of halogens is 1. The molecule has 0 aromatic heterocycles. The third kappa shape index (κ3) is 2.79. The van der Waals surface area contributed by atoms with E-state index in [2.05, 4.69) is 21.2 Å². The van der Waals surface area contributed by atoms with Gasteiger partial charge in [0.05, 0.1) is 6.10 Å². The molecule has 3 heteroatoms. The van der Waals surface area contributed by atoms with E-state index in [1.165, 1.54) is 0 Å². The van der Waals surface area contributed by atoms with Crippen molar-refractivity contribution in [1.29, 1.82) is 0 Å². The molecule has 0 aliphatic rings. The number of hydrogen-bond donors (Lipinski definition) is 2. The standard InChI is InChI=1S/C10H14BrNO/c1-7-3-4-9(11)8(5-7)10(13)6-12-2/h3-5,10,12-13H,6H2,1-2H3. The van der Waals surface area contributed by atoms with E-state index >= 15 is 0 Å². The van der Waals surface area contributed by atoms with E-state index in [1.807, 2.05) is 32.2 Å². The molecule has 0 spiro atoms. The van der Waals surface area contributed by atoms with Crippen LogP contribution in [0, 0.1) is 6.92 Å². The Morgan fingerprint density at radius 3 is 2.85 bits per heavy atom. The molecule has 1 aromatic rings. The lowest BCUT2D eigenvalue weighted by atomic mass is 10.1. The molecular weight excluding hydrogens is 230 g/mol. The lowest BCUT2D eigenvalue weighted by molar-refractivity contribution is 0.177. The average molecular weight is 244 g/mol. The fraction of sp³-hybridized carbons (Fsp3) is 0.400. The van der Waals surface area contributed by atoms with Crippen LogP contribution in [-0.2, 0) is 0 Å². The summed E-state index contributed by atoms with van der Waals surface area (Å²) in [6.07, 6.45) is -0.445. The molecule has 0 aliphatic heterocycles. The van der Waals surface area contributed by atoms with Crippen LogP contribution in [0.3, 0.4) is 0 Å². The van der Waals surface area contributed by atoms with Crippen molar-refractivity contribution in [2.45, 2.75) is 13.0 Å². The highest BCUT2D eigenvalue weighted by molar-refractivity contribution is 9.10. The summed E-state index contributed by atoms with van der Waals surface area (Å²) in [6, 6.07) is 5.97. The zero-order valence-corrected chi connectivity index (χ0v) is 9.43. The van der Waals surface area contributed by atoms with Crippen molar-refractivity contribution >= 4 is 15.9 Å². The Hall–Kier alpha value is -0.380. The molecule has 13 heavy (non-hydrogen) atoms. The van der Waals surface area contributed by atoms with E-state index < -0.39 is 6.10 Å². The predicted molar refractivity (Wildman–Crippen MR) is 57.8 cm³/mol. The van der Waals surface area contributed by atoms with Crippen LogP contribution in [0.15, 0.2) is 22.7 Å². The van der Waals surface area contributed by atoms with Gasteiger partial charge in [0.2, 0.25) is 0 Å². The minimum Gasteiger partial charge on any atom is -0.387 e. The van der Waals surface area contributed by atoms with Crippen LogP contribution in [0.5, 0.6) is 0 Å². The molecule has 0 radical (unpaired) electrons. The van der Waals surface area contributed by atoms with Gasteiger partial charge in [0.25, 0.3) is 0 Å². The zero-order chi connectivity index (χ0) is 9.84. The molecule has 0 heterocycles. The molecule has 0 saturated carbocycles. The molecule has 1 rings (SSSR count).